The third-order valence-corrected chi connectivity index (χ3v) is 4.75. The molecule has 1 fully saturated rings. The molecule has 3 atom stereocenters. The SMILES string of the molecule is OC1CC(C2CCSC2)Oc2cc(F)ccc21. The van der Waals surface area contributed by atoms with Crippen molar-refractivity contribution in [1.29, 1.82) is 0 Å². The molecule has 2 aliphatic heterocycles. The zero-order chi connectivity index (χ0) is 11.8. The van der Waals surface area contributed by atoms with E-state index in [0.29, 0.717) is 23.7 Å². The first-order valence-corrected chi connectivity index (χ1v) is 7.11. The van der Waals surface area contributed by atoms with Crippen LogP contribution in [0.25, 0.3) is 0 Å². The van der Waals surface area contributed by atoms with E-state index in [0.717, 1.165) is 17.9 Å². The summed E-state index contributed by atoms with van der Waals surface area (Å²) in [5.74, 6) is 2.95. The highest BCUT2D eigenvalue weighted by molar-refractivity contribution is 7.99. The first-order valence-electron chi connectivity index (χ1n) is 5.96. The molecule has 0 bridgehead atoms. The van der Waals surface area contributed by atoms with Crippen molar-refractivity contribution in [2.45, 2.75) is 25.0 Å². The molecular formula is C13H15FO2S. The second-order valence-electron chi connectivity index (χ2n) is 4.71. The molecule has 1 aromatic carbocycles. The molecule has 0 saturated carbocycles. The van der Waals surface area contributed by atoms with Crippen LogP contribution in [0.2, 0.25) is 0 Å². The predicted octanol–water partition coefficient (Wildman–Crippen LogP) is 2.76. The fourth-order valence-electron chi connectivity index (χ4n) is 2.58. The molecular weight excluding hydrogens is 239 g/mol. The lowest BCUT2D eigenvalue weighted by molar-refractivity contribution is 0.0399. The minimum Gasteiger partial charge on any atom is -0.490 e. The van der Waals surface area contributed by atoms with Crippen molar-refractivity contribution < 1.29 is 14.2 Å². The molecule has 4 heteroatoms. The van der Waals surface area contributed by atoms with Crippen LogP contribution in [-0.2, 0) is 0 Å². The molecule has 3 rings (SSSR count). The molecule has 17 heavy (non-hydrogen) atoms. The molecule has 2 nitrogen and oxygen atoms in total. The van der Waals surface area contributed by atoms with E-state index in [9.17, 15) is 9.50 Å². The molecule has 0 spiro atoms. The summed E-state index contributed by atoms with van der Waals surface area (Å²) >= 11 is 1.93. The number of hydrogen-bond donors (Lipinski definition) is 1. The Bertz CT molecular complexity index is 418. The second kappa shape index (κ2) is 4.50. The number of rotatable bonds is 1. The van der Waals surface area contributed by atoms with Crippen molar-refractivity contribution in [2.24, 2.45) is 5.92 Å². The average Bonchev–Trinajstić information content (AvgIpc) is 2.81. The number of benzene rings is 1. The molecule has 0 radical (unpaired) electrons. The molecule has 0 aliphatic carbocycles. The van der Waals surface area contributed by atoms with E-state index in [2.05, 4.69) is 0 Å². The Morgan fingerprint density at radius 2 is 2.29 bits per heavy atom. The van der Waals surface area contributed by atoms with Gasteiger partial charge in [-0.3, -0.25) is 0 Å². The highest BCUT2D eigenvalue weighted by atomic mass is 32.2. The van der Waals surface area contributed by atoms with E-state index in [1.165, 1.54) is 12.1 Å². The molecule has 0 aromatic heterocycles. The van der Waals surface area contributed by atoms with Crippen molar-refractivity contribution in [3.8, 4) is 5.75 Å². The smallest absolute Gasteiger partial charge is 0.128 e. The number of halogens is 1. The van der Waals surface area contributed by atoms with Crippen LogP contribution >= 0.6 is 11.8 Å². The van der Waals surface area contributed by atoms with Crippen LogP contribution < -0.4 is 4.74 Å². The fourth-order valence-corrected chi connectivity index (χ4v) is 3.90. The number of ether oxygens (including phenoxy) is 1. The van der Waals surface area contributed by atoms with Gasteiger partial charge in [-0.15, -0.1) is 0 Å². The minimum absolute atomic E-state index is 0.0364. The van der Waals surface area contributed by atoms with Crippen molar-refractivity contribution in [2.75, 3.05) is 11.5 Å². The van der Waals surface area contributed by atoms with Gasteiger partial charge in [-0.1, -0.05) is 0 Å². The lowest BCUT2D eigenvalue weighted by atomic mass is 9.91. The van der Waals surface area contributed by atoms with E-state index in [-0.39, 0.29) is 11.9 Å². The lowest BCUT2D eigenvalue weighted by Crippen LogP contribution is -2.32. The van der Waals surface area contributed by atoms with Gasteiger partial charge in [0.25, 0.3) is 0 Å². The Labute approximate surface area is 104 Å². The Balaban J connectivity index is 1.85. The van der Waals surface area contributed by atoms with Crippen LogP contribution in [0.3, 0.4) is 0 Å². The second-order valence-corrected chi connectivity index (χ2v) is 5.86. The maximum Gasteiger partial charge on any atom is 0.128 e. The summed E-state index contributed by atoms with van der Waals surface area (Å²) in [4.78, 5) is 0. The molecule has 1 aromatic rings. The Morgan fingerprint density at radius 1 is 1.41 bits per heavy atom. The summed E-state index contributed by atoms with van der Waals surface area (Å²) < 4.78 is 19.0. The first-order chi connectivity index (χ1) is 8.24. The monoisotopic (exact) mass is 254 g/mol. The number of fused-ring (bicyclic) bond motifs is 1. The summed E-state index contributed by atoms with van der Waals surface area (Å²) in [6.45, 7) is 0. The lowest BCUT2D eigenvalue weighted by Gasteiger charge is -2.32. The van der Waals surface area contributed by atoms with Gasteiger partial charge >= 0.3 is 0 Å². The quantitative estimate of drug-likeness (QED) is 0.835. The Hall–Kier alpha value is -0.740. The minimum atomic E-state index is -0.519. The van der Waals surface area contributed by atoms with E-state index in [4.69, 9.17) is 4.74 Å². The maximum atomic E-state index is 13.2. The number of aliphatic hydroxyl groups is 1. The highest BCUT2D eigenvalue weighted by Crippen LogP contribution is 2.40. The van der Waals surface area contributed by atoms with Gasteiger partial charge in [-0.2, -0.15) is 11.8 Å². The molecule has 1 N–H and O–H groups in total. The topological polar surface area (TPSA) is 29.5 Å². The summed E-state index contributed by atoms with van der Waals surface area (Å²) in [6, 6.07) is 4.37. The molecule has 2 aliphatic rings. The van der Waals surface area contributed by atoms with Gasteiger partial charge in [0.1, 0.15) is 17.7 Å². The first kappa shape index (κ1) is 11.4. The van der Waals surface area contributed by atoms with Gasteiger partial charge in [0.15, 0.2) is 0 Å². The third-order valence-electron chi connectivity index (χ3n) is 3.56. The standard InChI is InChI=1S/C13H15FO2S/c14-9-1-2-10-11(15)6-12(16-13(10)5-9)8-3-4-17-7-8/h1-2,5,8,11-12,15H,3-4,6-7H2. The average molecular weight is 254 g/mol. The summed E-state index contributed by atoms with van der Waals surface area (Å²) in [5, 5.41) is 10.1. The molecule has 3 unspecified atom stereocenters. The molecule has 2 heterocycles. The van der Waals surface area contributed by atoms with Crippen LogP contribution in [0.15, 0.2) is 18.2 Å². The number of thioether (sulfide) groups is 1. The third kappa shape index (κ3) is 2.16. The number of aliphatic hydroxyl groups excluding tert-OH is 1. The zero-order valence-electron chi connectivity index (χ0n) is 9.43. The fraction of sp³-hybridized carbons (Fsp3) is 0.538. The van der Waals surface area contributed by atoms with Crippen molar-refractivity contribution in [1.82, 2.24) is 0 Å². The van der Waals surface area contributed by atoms with Crippen molar-refractivity contribution in [3.63, 3.8) is 0 Å². The van der Waals surface area contributed by atoms with Gasteiger partial charge in [-0.25, -0.2) is 4.39 Å². The van der Waals surface area contributed by atoms with E-state index in [1.54, 1.807) is 6.07 Å². The Kier molecular flexibility index (Phi) is 3.01. The summed E-state index contributed by atoms with van der Waals surface area (Å²) in [5.41, 5.74) is 0.716. The van der Waals surface area contributed by atoms with E-state index in [1.807, 2.05) is 11.8 Å². The van der Waals surface area contributed by atoms with E-state index < -0.39 is 6.10 Å². The summed E-state index contributed by atoms with van der Waals surface area (Å²) in [6.07, 6.45) is 1.28. The normalized spacial score (nSPS) is 32.0. The van der Waals surface area contributed by atoms with Crippen LogP contribution in [-0.4, -0.2) is 22.7 Å². The maximum absolute atomic E-state index is 13.2. The van der Waals surface area contributed by atoms with Gasteiger partial charge in [0.2, 0.25) is 0 Å². The number of hydrogen-bond acceptors (Lipinski definition) is 3. The van der Waals surface area contributed by atoms with Gasteiger partial charge in [0.05, 0.1) is 6.10 Å². The van der Waals surface area contributed by atoms with Crippen LogP contribution in [0.5, 0.6) is 5.75 Å². The van der Waals surface area contributed by atoms with Crippen LogP contribution in [0.4, 0.5) is 4.39 Å². The van der Waals surface area contributed by atoms with Crippen LogP contribution in [0, 0.1) is 11.7 Å². The van der Waals surface area contributed by atoms with E-state index >= 15 is 0 Å². The zero-order valence-corrected chi connectivity index (χ0v) is 10.3. The van der Waals surface area contributed by atoms with Gasteiger partial charge < -0.3 is 9.84 Å². The largest absolute Gasteiger partial charge is 0.490 e. The van der Waals surface area contributed by atoms with Crippen molar-refractivity contribution in [3.05, 3.63) is 29.6 Å². The molecule has 0 amide bonds. The predicted molar refractivity (Wildman–Crippen MR) is 65.8 cm³/mol. The van der Waals surface area contributed by atoms with Gasteiger partial charge in [0, 0.05) is 24.0 Å². The van der Waals surface area contributed by atoms with Gasteiger partial charge in [-0.05, 0) is 30.1 Å². The van der Waals surface area contributed by atoms with Crippen LogP contribution in [0.1, 0.15) is 24.5 Å². The van der Waals surface area contributed by atoms with Crippen molar-refractivity contribution >= 4 is 11.8 Å². The Morgan fingerprint density at radius 3 is 3.06 bits per heavy atom. The molecule has 92 valence electrons. The molecule has 1 saturated heterocycles. The highest BCUT2D eigenvalue weighted by Gasteiger charge is 2.34. The summed E-state index contributed by atoms with van der Waals surface area (Å²) in [7, 11) is 0.